The number of amidine groups is 1. The van der Waals surface area contributed by atoms with Gasteiger partial charge in [0.15, 0.2) is 0 Å². The summed E-state index contributed by atoms with van der Waals surface area (Å²) in [6.45, 7) is 3.21. The molecule has 0 aliphatic carbocycles. The van der Waals surface area contributed by atoms with E-state index in [1.54, 1.807) is 6.20 Å². The molecule has 0 spiro atoms. The van der Waals surface area contributed by atoms with E-state index in [9.17, 15) is 9.90 Å². The second kappa shape index (κ2) is 19.0. The van der Waals surface area contributed by atoms with Crippen LogP contribution in [0.4, 0.5) is 0 Å². The van der Waals surface area contributed by atoms with Crippen molar-refractivity contribution in [2.45, 2.75) is 116 Å². The molecule has 1 aliphatic rings. The number of unbranched alkanes of at least 4 members (excludes halogenated alkanes) is 14. The number of rotatable bonds is 22. The number of aliphatic imine (C=N–C) groups is 1. The molecule has 1 heterocycles. The van der Waals surface area contributed by atoms with Gasteiger partial charge in [0.25, 0.3) is 0 Å². The van der Waals surface area contributed by atoms with E-state index >= 15 is 0 Å². The zero-order valence-electron chi connectivity index (χ0n) is 20.7. The topological polar surface area (TPSA) is 78.5 Å². The van der Waals surface area contributed by atoms with Crippen molar-refractivity contribution in [1.29, 1.82) is 0 Å². The molecule has 2 N–H and O–H groups in total. The van der Waals surface area contributed by atoms with E-state index in [-0.39, 0.29) is 11.0 Å². The van der Waals surface area contributed by atoms with Gasteiger partial charge in [0.1, 0.15) is 19.3 Å². The van der Waals surface area contributed by atoms with Crippen LogP contribution in [0.1, 0.15) is 116 Å². The number of allylic oxidation sites excluding steroid dienone is 2. The average Bonchev–Trinajstić information content (AvgIpc) is 3.14. The van der Waals surface area contributed by atoms with Crippen molar-refractivity contribution >= 4 is 11.8 Å². The van der Waals surface area contributed by atoms with Gasteiger partial charge in [-0.15, -0.1) is 0 Å². The molecule has 5 nitrogen and oxygen atoms in total. The second-order valence-electron chi connectivity index (χ2n) is 9.31. The lowest BCUT2D eigenvalue weighted by Gasteiger charge is -2.32. The van der Waals surface area contributed by atoms with E-state index in [1.807, 2.05) is 6.20 Å². The fraction of sp³-hybridized carbons (Fsp3) is 0.778. The van der Waals surface area contributed by atoms with Gasteiger partial charge in [-0.3, -0.25) is 0 Å². The molecule has 0 amide bonds. The molecule has 5 heteroatoms. The van der Waals surface area contributed by atoms with Gasteiger partial charge in [-0.25, -0.2) is 9.48 Å². The first-order chi connectivity index (χ1) is 15.6. The van der Waals surface area contributed by atoms with E-state index in [4.69, 9.17) is 5.73 Å². The number of carboxylic acid groups (broad SMARTS) is 1. The second-order valence-corrected chi connectivity index (χ2v) is 9.31. The maximum Gasteiger partial charge on any atom is 0.207 e. The maximum atomic E-state index is 11.2. The standard InChI is InChI=1S/C27H49N3O2/c1-2-3-4-5-6-7-8-9-10-11-12-13-14-15-16-17-18-19-20-26-29-22-24-30(26,23-21-28)25-27(31)32/h9-10,22,24H,2-8,11-21,23,25,28H2,1H3/b10-9+. The molecule has 0 saturated heterocycles. The highest BCUT2D eigenvalue weighted by atomic mass is 16.4. The fourth-order valence-corrected chi connectivity index (χ4v) is 4.51. The first-order valence-electron chi connectivity index (χ1n) is 13.3. The van der Waals surface area contributed by atoms with Crippen LogP contribution in [0.2, 0.25) is 0 Å². The summed E-state index contributed by atoms with van der Waals surface area (Å²) in [5.41, 5.74) is 5.71. The summed E-state index contributed by atoms with van der Waals surface area (Å²) >= 11 is 0. The minimum Gasteiger partial charge on any atom is -0.544 e. The highest BCUT2D eigenvalue weighted by Crippen LogP contribution is 2.21. The summed E-state index contributed by atoms with van der Waals surface area (Å²) in [5, 5.41) is 11.2. The summed E-state index contributed by atoms with van der Waals surface area (Å²) in [6, 6.07) is 0. The Morgan fingerprint density at radius 3 is 1.97 bits per heavy atom. The van der Waals surface area contributed by atoms with Gasteiger partial charge in [-0.2, -0.15) is 0 Å². The van der Waals surface area contributed by atoms with Crippen LogP contribution < -0.4 is 10.8 Å². The zero-order valence-corrected chi connectivity index (χ0v) is 20.7. The van der Waals surface area contributed by atoms with Gasteiger partial charge in [0, 0.05) is 13.0 Å². The smallest absolute Gasteiger partial charge is 0.207 e. The number of quaternary nitrogens is 1. The Bertz CT molecular complexity index is 571. The van der Waals surface area contributed by atoms with Gasteiger partial charge in [-0.05, 0) is 32.1 Å². The van der Waals surface area contributed by atoms with E-state index in [1.165, 1.54) is 96.3 Å². The number of hydrogen-bond donors (Lipinski definition) is 1. The Kier molecular flexibility index (Phi) is 17.0. The molecular formula is C27H49N3O2. The molecule has 1 aliphatic heterocycles. The van der Waals surface area contributed by atoms with Gasteiger partial charge in [0.2, 0.25) is 5.84 Å². The minimum atomic E-state index is -1.05. The number of hydrogen-bond acceptors (Lipinski definition) is 4. The molecule has 32 heavy (non-hydrogen) atoms. The Labute approximate surface area is 197 Å². The van der Waals surface area contributed by atoms with Crippen LogP contribution in [-0.2, 0) is 4.79 Å². The molecule has 0 bridgehead atoms. The van der Waals surface area contributed by atoms with Gasteiger partial charge < -0.3 is 15.6 Å². The third-order valence-electron chi connectivity index (χ3n) is 6.44. The van der Waals surface area contributed by atoms with Crippen molar-refractivity contribution in [3.8, 4) is 0 Å². The van der Waals surface area contributed by atoms with Crippen LogP contribution in [0.25, 0.3) is 0 Å². The van der Waals surface area contributed by atoms with Gasteiger partial charge >= 0.3 is 0 Å². The summed E-state index contributed by atoms with van der Waals surface area (Å²) < 4.78 is 0.242. The Balaban J connectivity index is 1.95. The summed E-state index contributed by atoms with van der Waals surface area (Å²) in [5.74, 6) is -0.129. The summed E-state index contributed by atoms with van der Waals surface area (Å²) in [4.78, 5) is 15.6. The molecule has 0 radical (unpaired) electrons. The first kappa shape index (κ1) is 28.6. The Morgan fingerprint density at radius 1 is 0.906 bits per heavy atom. The third kappa shape index (κ3) is 13.2. The Hall–Kier alpha value is -1.46. The first-order valence-corrected chi connectivity index (χ1v) is 13.3. The van der Waals surface area contributed by atoms with Crippen molar-refractivity contribution < 1.29 is 14.4 Å². The third-order valence-corrected chi connectivity index (χ3v) is 6.44. The predicted octanol–water partition coefficient (Wildman–Crippen LogP) is 5.60. The maximum absolute atomic E-state index is 11.2. The molecule has 0 aromatic heterocycles. The molecule has 1 unspecified atom stereocenters. The normalized spacial score (nSPS) is 18.0. The van der Waals surface area contributed by atoms with E-state index < -0.39 is 5.97 Å². The largest absolute Gasteiger partial charge is 0.544 e. The van der Waals surface area contributed by atoms with E-state index in [0.717, 1.165) is 18.7 Å². The molecular weight excluding hydrogens is 398 g/mol. The predicted molar refractivity (Wildman–Crippen MR) is 134 cm³/mol. The number of carbonyl (C=O) groups is 1. The van der Waals surface area contributed by atoms with Crippen molar-refractivity contribution in [2.75, 3.05) is 19.6 Å². The average molecular weight is 448 g/mol. The molecule has 184 valence electrons. The highest BCUT2D eigenvalue weighted by Gasteiger charge is 2.34. The molecule has 0 fully saturated rings. The Morgan fingerprint density at radius 2 is 1.44 bits per heavy atom. The minimum absolute atomic E-state index is 0.0687. The van der Waals surface area contributed by atoms with Crippen molar-refractivity contribution in [1.82, 2.24) is 0 Å². The number of nitrogens with zero attached hydrogens (tertiary/aromatic N) is 2. The number of carboxylic acids is 1. The number of nitrogens with two attached hydrogens (primary N) is 1. The SMILES string of the molecule is CCCCCCCC/C=C/CCCCCCCCCCC1=NC=C[N+]1(CCN)CC(=O)[O-]. The van der Waals surface area contributed by atoms with Crippen LogP contribution >= 0.6 is 0 Å². The lowest BCUT2D eigenvalue weighted by Crippen LogP contribution is -2.55. The molecule has 1 atom stereocenters. The van der Waals surface area contributed by atoms with Crippen LogP contribution in [0.5, 0.6) is 0 Å². The molecule has 0 saturated carbocycles. The van der Waals surface area contributed by atoms with Gasteiger partial charge in [0.05, 0.1) is 12.2 Å². The lowest BCUT2D eigenvalue weighted by molar-refractivity contribution is -0.780. The van der Waals surface area contributed by atoms with Crippen LogP contribution in [-0.4, -0.2) is 35.9 Å². The summed E-state index contributed by atoms with van der Waals surface area (Å²) in [6.07, 6.45) is 30.0. The van der Waals surface area contributed by atoms with Gasteiger partial charge in [-0.1, -0.05) is 89.7 Å². The number of carbonyl (C=O) groups excluding carboxylic acids is 1. The molecule has 0 aromatic carbocycles. The monoisotopic (exact) mass is 447 g/mol. The van der Waals surface area contributed by atoms with Crippen LogP contribution in [0.15, 0.2) is 29.5 Å². The molecule has 0 aromatic rings. The van der Waals surface area contributed by atoms with Crippen molar-refractivity contribution in [2.24, 2.45) is 10.7 Å². The quantitative estimate of drug-likeness (QED) is 0.133. The van der Waals surface area contributed by atoms with E-state index in [2.05, 4.69) is 24.1 Å². The van der Waals surface area contributed by atoms with Crippen LogP contribution in [0.3, 0.4) is 0 Å². The summed E-state index contributed by atoms with van der Waals surface area (Å²) in [7, 11) is 0. The molecule has 1 rings (SSSR count). The van der Waals surface area contributed by atoms with E-state index in [0.29, 0.717) is 13.1 Å². The fourth-order valence-electron chi connectivity index (χ4n) is 4.51. The van der Waals surface area contributed by atoms with Crippen molar-refractivity contribution in [3.05, 3.63) is 24.6 Å². The zero-order chi connectivity index (χ0) is 23.3. The van der Waals surface area contributed by atoms with Crippen molar-refractivity contribution in [3.63, 3.8) is 0 Å². The van der Waals surface area contributed by atoms with Crippen LogP contribution in [0, 0.1) is 0 Å². The lowest BCUT2D eigenvalue weighted by atomic mass is 10.1. The number of aliphatic carboxylic acids is 1. The highest BCUT2D eigenvalue weighted by molar-refractivity contribution is 5.80.